The summed E-state index contributed by atoms with van der Waals surface area (Å²) in [6, 6.07) is 24.2. The number of carbonyl (C=O) groups is 2. The molecule has 1 heterocycles. The van der Waals surface area contributed by atoms with E-state index < -0.39 is 0 Å². The average molecular weight is 430 g/mol. The highest BCUT2D eigenvalue weighted by Gasteiger charge is 2.40. The third-order valence-corrected chi connectivity index (χ3v) is 5.89. The lowest BCUT2D eigenvalue weighted by Crippen LogP contribution is -2.31. The smallest absolute Gasteiger partial charge is 0.272 e. The number of hydrogen-bond acceptors (Lipinski definition) is 4. The Hall–Kier alpha value is -3.31. The molecule has 2 amide bonds. The monoisotopic (exact) mass is 429 g/mol. The van der Waals surface area contributed by atoms with Gasteiger partial charge in [-0.2, -0.15) is 0 Å². The van der Waals surface area contributed by atoms with Crippen molar-refractivity contribution in [3.05, 3.63) is 94.9 Å². The number of imide groups is 1. The lowest BCUT2D eigenvalue weighted by Gasteiger charge is -2.16. The van der Waals surface area contributed by atoms with Crippen molar-refractivity contribution < 1.29 is 14.3 Å². The number of aryl methyl sites for hydroxylation is 1. The van der Waals surface area contributed by atoms with E-state index in [-0.39, 0.29) is 17.1 Å². The van der Waals surface area contributed by atoms with Gasteiger partial charge in [-0.3, -0.25) is 9.59 Å². The van der Waals surface area contributed by atoms with Gasteiger partial charge in [0.05, 0.1) is 16.2 Å². The molecule has 1 aliphatic rings. The standard InChI is InChI=1S/C26H23NO3S/c1-17(2)31-24-23(19-11-9-18(3)10-12-19)25(28)27(26(24)29)20-13-15-22(16-14-20)30-21-7-5-4-6-8-21/h4-17H,1-3H3. The fourth-order valence-electron chi connectivity index (χ4n) is 3.35. The molecule has 0 saturated carbocycles. The van der Waals surface area contributed by atoms with Crippen molar-refractivity contribution in [1.82, 2.24) is 0 Å². The summed E-state index contributed by atoms with van der Waals surface area (Å²) in [5.74, 6) is 0.782. The molecule has 0 atom stereocenters. The van der Waals surface area contributed by atoms with Crippen LogP contribution < -0.4 is 9.64 Å². The van der Waals surface area contributed by atoms with E-state index in [1.54, 1.807) is 24.3 Å². The zero-order valence-electron chi connectivity index (χ0n) is 17.7. The fraction of sp³-hybridized carbons (Fsp3) is 0.154. The number of carbonyl (C=O) groups excluding carboxylic acids is 2. The van der Waals surface area contributed by atoms with Gasteiger partial charge in [-0.15, -0.1) is 11.8 Å². The van der Waals surface area contributed by atoms with E-state index in [1.807, 2.05) is 75.4 Å². The molecule has 4 rings (SSSR count). The summed E-state index contributed by atoms with van der Waals surface area (Å²) in [6.45, 7) is 6.02. The number of para-hydroxylation sites is 1. The summed E-state index contributed by atoms with van der Waals surface area (Å²) in [5, 5.41) is 0.175. The fourth-order valence-corrected chi connectivity index (χ4v) is 4.34. The Kier molecular flexibility index (Phi) is 5.96. The second-order valence-corrected chi connectivity index (χ2v) is 9.18. The Morgan fingerprint density at radius 3 is 2.00 bits per heavy atom. The minimum absolute atomic E-state index is 0.175. The largest absolute Gasteiger partial charge is 0.457 e. The highest BCUT2D eigenvalue weighted by molar-refractivity contribution is 8.04. The average Bonchev–Trinajstić information content (AvgIpc) is 2.99. The van der Waals surface area contributed by atoms with Crippen LogP contribution in [-0.4, -0.2) is 17.1 Å². The van der Waals surface area contributed by atoms with E-state index in [2.05, 4.69) is 0 Å². The molecular weight excluding hydrogens is 406 g/mol. The molecule has 0 bridgehead atoms. The minimum Gasteiger partial charge on any atom is -0.457 e. The Balaban J connectivity index is 1.64. The van der Waals surface area contributed by atoms with E-state index in [0.29, 0.717) is 21.9 Å². The van der Waals surface area contributed by atoms with Crippen molar-refractivity contribution in [3.8, 4) is 11.5 Å². The van der Waals surface area contributed by atoms with E-state index in [0.717, 1.165) is 16.9 Å². The molecule has 0 saturated heterocycles. The third-order valence-electron chi connectivity index (χ3n) is 4.81. The number of ether oxygens (including phenoxy) is 1. The first-order chi connectivity index (χ1) is 14.9. The first kappa shape index (κ1) is 20.9. The van der Waals surface area contributed by atoms with Crippen LogP contribution in [0.15, 0.2) is 83.8 Å². The maximum atomic E-state index is 13.4. The number of benzene rings is 3. The van der Waals surface area contributed by atoms with Gasteiger partial charge in [-0.1, -0.05) is 61.9 Å². The van der Waals surface area contributed by atoms with Crippen molar-refractivity contribution in [1.29, 1.82) is 0 Å². The molecule has 0 aliphatic carbocycles. The maximum absolute atomic E-state index is 13.4. The van der Waals surface area contributed by atoms with Gasteiger partial charge in [-0.25, -0.2) is 4.90 Å². The summed E-state index contributed by atoms with van der Waals surface area (Å²) in [6.07, 6.45) is 0. The van der Waals surface area contributed by atoms with Crippen LogP contribution in [0.2, 0.25) is 0 Å². The molecule has 0 N–H and O–H groups in total. The van der Waals surface area contributed by atoms with Crippen LogP contribution in [0.25, 0.3) is 5.57 Å². The number of hydrogen-bond donors (Lipinski definition) is 0. The van der Waals surface area contributed by atoms with Crippen LogP contribution in [0, 0.1) is 6.92 Å². The van der Waals surface area contributed by atoms with E-state index in [1.165, 1.54) is 16.7 Å². The molecule has 156 valence electrons. The quantitative estimate of drug-likeness (QED) is 0.437. The minimum atomic E-state index is -0.297. The number of amides is 2. The molecule has 0 aromatic heterocycles. The molecule has 0 spiro atoms. The predicted molar refractivity (Wildman–Crippen MR) is 126 cm³/mol. The topological polar surface area (TPSA) is 46.6 Å². The predicted octanol–water partition coefficient (Wildman–Crippen LogP) is 6.21. The molecule has 4 nitrogen and oxygen atoms in total. The van der Waals surface area contributed by atoms with Crippen molar-refractivity contribution >= 4 is 34.8 Å². The second kappa shape index (κ2) is 8.82. The first-order valence-corrected chi connectivity index (χ1v) is 11.0. The zero-order valence-corrected chi connectivity index (χ0v) is 18.5. The molecule has 3 aromatic carbocycles. The van der Waals surface area contributed by atoms with Crippen molar-refractivity contribution in [2.45, 2.75) is 26.0 Å². The Labute approximate surface area is 186 Å². The summed E-state index contributed by atoms with van der Waals surface area (Å²) in [4.78, 5) is 28.4. The number of thioether (sulfide) groups is 1. The molecule has 1 aliphatic heterocycles. The summed E-state index contributed by atoms with van der Waals surface area (Å²) in [5.41, 5.74) is 2.86. The second-order valence-electron chi connectivity index (χ2n) is 7.59. The maximum Gasteiger partial charge on any atom is 0.272 e. The van der Waals surface area contributed by atoms with Gasteiger partial charge in [0, 0.05) is 5.25 Å². The lowest BCUT2D eigenvalue weighted by atomic mass is 10.0. The van der Waals surface area contributed by atoms with E-state index >= 15 is 0 Å². The Bertz CT molecular complexity index is 1130. The van der Waals surface area contributed by atoms with Gasteiger partial charge >= 0.3 is 0 Å². The highest BCUT2D eigenvalue weighted by Crippen LogP contribution is 2.40. The van der Waals surface area contributed by atoms with Crippen LogP contribution in [0.3, 0.4) is 0 Å². The molecular formula is C26H23NO3S. The number of nitrogens with zero attached hydrogens (tertiary/aromatic N) is 1. The lowest BCUT2D eigenvalue weighted by molar-refractivity contribution is -0.119. The van der Waals surface area contributed by atoms with Crippen LogP contribution in [0.4, 0.5) is 5.69 Å². The Morgan fingerprint density at radius 2 is 1.39 bits per heavy atom. The normalized spacial score (nSPS) is 14.0. The molecule has 0 unspecified atom stereocenters. The molecule has 31 heavy (non-hydrogen) atoms. The number of rotatable bonds is 6. The van der Waals surface area contributed by atoms with Gasteiger partial charge in [0.25, 0.3) is 11.8 Å². The van der Waals surface area contributed by atoms with Gasteiger partial charge < -0.3 is 4.74 Å². The molecule has 5 heteroatoms. The van der Waals surface area contributed by atoms with Crippen molar-refractivity contribution in [2.75, 3.05) is 4.90 Å². The van der Waals surface area contributed by atoms with Gasteiger partial charge in [0.2, 0.25) is 0 Å². The summed E-state index contributed by atoms with van der Waals surface area (Å²) < 4.78 is 5.82. The van der Waals surface area contributed by atoms with Gasteiger partial charge in [0.1, 0.15) is 11.5 Å². The third kappa shape index (κ3) is 4.42. The Morgan fingerprint density at radius 1 is 0.774 bits per heavy atom. The van der Waals surface area contributed by atoms with Crippen LogP contribution >= 0.6 is 11.8 Å². The van der Waals surface area contributed by atoms with Gasteiger partial charge in [0.15, 0.2) is 0 Å². The SMILES string of the molecule is Cc1ccc(C2=C(SC(C)C)C(=O)N(c3ccc(Oc4ccccc4)cc3)C2=O)cc1. The summed E-state index contributed by atoms with van der Waals surface area (Å²) >= 11 is 1.43. The highest BCUT2D eigenvalue weighted by atomic mass is 32.2. The van der Waals surface area contributed by atoms with Crippen molar-refractivity contribution in [3.63, 3.8) is 0 Å². The molecule has 0 fully saturated rings. The van der Waals surface area contributed by atoms with Gasteiger partial charge in [-0.05, 0) is 48.9 Å². The summed E-state index contributed by atoms with van der Waals surface area (Å²) in [7, 11) is 0. The molecule has 0 radical (unpaired) electrons. The zero-order chi connectivity index (χ0) is 22.0. The van der Waals surface area contributed by atoms with E-state index in [9.17, 15) is 9.59 Å². The van der Waals surface area contributed by atoms with Crippen LogP contribution in [0.5, 0.6) is 11.5 Å². The van der Waals surface area contributed by atoms with Crippen molar-refractivity contribution in [2.24, 2.45) is 0 Å². The van der Waals surface area contributed by atoms with Crippen LogP contribution in [-0.2, 0) is 9.59 Å². The first-order valence-electron chi connectivity index (χ1n) is 10.1. The number of anilines is 1. The van der Waals surface area contributed by atoms with Crippen LogP contribution in [0.1, 0.15) is 25.0 Å². The van der Waals surface area contributed by atoms with E-state index in [4.69, 9.17) is 4.74 Å². The molecule has 3 aromatic rings.